The van der Waals surface area contributed by atoms with Crippen molar-refractivity contribution in [1.82, 2.24) is 9.97 Å². The van der Waals surface area contributed by atoms with E-state index in [2.05, 4.69) is 25.9 Å². The highest BCUT2D eigenvalue weighted by Crippen LogP contribution is 2.26. The predicted octanol–water partition coefficient (Wildman–Crippen LogP) is 2.59. The minimum atomic E-state index is 0.665. The van der Waals surface area contributed by atoms with Gasteiger partial charge in [0.05, 0.1) is 17.6 Å². The minimum Gasteiger partial charge on any atom is -0.397 e. The molecule has 0 unspecified atom stereocenters. The molecule has 0 spiro atoms. The molecule has 0 bridgehead atoms. The number of aromatic nitrogens is 2. The first kappa shape index (κ1) is 9.40. The molecule has 0 amide bonds. The molecule has 0 saturated heterocycles. The van der Waals surface area contributed by atoms with E-state index in [0.29, 0.717) is 5.69 Å². The zero-order chi connectivity index (χ0) is 10.3. The Bertz CT molecular complexity index is 508. The quantitative estimate of drug-likeness (QED) is 0.783. The topological polar surface area (TPSA) is 51.8 Å². The van der Waals surface area contributed by atoms with Gasteiger partial charge in [0.2, 0.25) is 0 Å². The van der Waals surface area contributed by atoms with Crippen molar-refractivity contribution in [1.29, 1.82) is 0 Å². The van der Waals surface area contributed by atoms with E-state index in [1.165, 1.54) is 0 Å². The maximum Gasteiger partial charge on any atom is 0.159 e. The van der Waals surface area contributed by atoms with Crippen LogP contribution < -0.4 is 5.73 Å². The van der Waals surface area contributed by atoms with Gasteiger partial charge in [-0.15, -0.1) is 0 Å². The number of rotatable bonds is 0. The van der Waals surface area contributed by atoms with Crippen molar-refractivity contribution in [3.05, 3.63) is 28.0 Å². The molecule has 3 nitrogen and oxygen atoms in total. The van der Waals surface area contributed by atoms with Crippen molar-refractivity contribution < 1.29 is 0 Å². The average molecular weight is 252 g/mol. The number of nitrogen functional groups attached to an aromatic ring is 1. The van der Waals surface area contributed by atoms with Gasteiger partial charge in [-0.3, -0.25) is 0 Å². The van der Waals surface area contributed by atoms with Crippen LogP contribution in [0.5, 0.6) is 0 Å². The van der Waals surface area contributed by atoms with Crippen LogP contribution in [-0.2, 0) is 0 Å². The molecule has 0 saturated carbocycles. The number of aryl methyl sites for hydroxylation is 2. The maximum atomic E-state index is 5.68. The molecule has 72 valence electrons. The molecule has 14 heavy (non-hydrogen) atoms. The van der Waals surface area contributed by atoms with E-state index in [9.17, 15) is 0 Å². The number of hydrogen-bond acceptors (Lipinski definition) is 3. The first-order valence-electron chi connectivity index (χ1n) is 4.27. The third-order valence-electron chi connectivity index (χ3n) is 2.21. The fourth-order valence-corrected chi connectivity index (χ4v) is 1.74. The Kier molecular flexibility index (Phi) is 2.15. The van der Waals surface area contributed by atoms with Crippen molar-refractivity contribution in [2.45, 2.75) is 13.8 Å². The van der Waals surface area contributed by atoms with Crippen LogP contribution in [0.3, 0.4) is 0 Å². The molecule has 0 atom stereocenters. The standard InChI is InChI=1S/C10H10BrN3/c1-5-8-3-7(12)4-13-10(8)14-6(2)9(5)11/h3-4H,12H2,1-2H3. The van der Waals surface area contributed by atoms with E-state index >= 15 is 0 Å². The van der Waals surface area contributed by atoms with Crippen molar-refractivity contribution >= 4 is 32.7 Å². The Morgan fingerprint density at radius 3 is 2.79 bits per heavy atom. The fraction of sp³-hybridized carbons (Fsp3) is 0.200. The molecule has 0 aliphatic rings. The van der Waals surface area contributed by atoms with Crippen LogP contribution in [0, 0.1) is 13.8 Å². The Balaban J connectivity index is 2.92. The third kappa shape index (κ3) is 1.35. The van der Waals surface area contributed by atoms with E-state index < -0.39 is 0 Å². The number of nitrogens with zero attached hydrogens (tertiary/aromatic N) is 2. The largest absolute Gasteiger partial charge is 0.397 e. The first-order valence-corrected chi connectivity index (χ1v) is 5.07. The normalized spacial score (nSPS) is 10.8. The number of pyridine rings is 2. The molecule has 0 aliphatic carbocycles. The van der Waals surface area contributed by atoms with Crippen molar-refractivity contribution in [3.63, 3.8) is 0 Å². The second-order valence-electron chi connectivity index (χ2n) is 3.28. The molecule has 2 aromatic heterocycles. The van der Waals surface area contributed by atoms with Gasteiger partial charge >= 0.3 is 0 Å². The number of nitrogens with two attached hydrogens (primary N) is 1. The molecular formula is C10H10BrN3. The number of hydrogen-bond donors (Lipinski definition) is 1. The molecule has 2 rings (SSSR count). The minimum absolute atomic E-state index is 0.665. The Morgan fingerprint density at radius 2 is 2.07 bits per heavy atom. The molecule has 0 aliphatic heterocycles. The van der Waals surface area contributed by atoms with Gasteiger partial charge in [-0.05, 0) is 41.4 Å². The lowest BCUT2D eigenvalue weighted by Gasteiger charge is -2.06. The summed E-state index contributed by atoms with van der Waals surface area (Å²) in [5, 5.41) is 1.00. The lowest BCUT2D eigenvalue weighted by atomic mass is 10.1. The summed E-state index contributed by atoms with van der Waals surface area (Å²) in [7, 11) is 0. The van der Waals surface area contributed by atoms with E-state index in [1.54, 1.807) is 6.20 Å². The summed E-state index contributed by atoms with van der Waals surface area (Å²) in [6.07, 6.45) is 1.63. The summed E-state index contributed by atoms with van der Waals surface area (Å²) in [6.45, 7) is 3.98. The van der Waals surface area contributed by atoms with Crippen LogP contribution in [0.25, 0.3) is 11.0 Å². The van der Waals surface area contributed by atoms with Gasteiger partial charge in [-0.25, -0.2) is 9.97 Å². The highest BCUT2D eigenvalue weighted by Gasteiger charge is 2.07. The molecule has 4 heteroatoms. The van der Waals surface area contributed by atoms with Crippen LogP contribution in [-0.4, -0.2) is 9.97 Å². The molecule has 0 radical (unpaired) electrons. The smallest absolute Gasteiger partial charge is 0.159 e. The molecule has 2 N–H and O–H groups in total. The monoisotopic (exact) mass is 251 g/mol. The van der Waals surface area contributed by atoms with E-state index in [0.717, 1.165) is 26.8 Å². The number of anilines is 1. The Labute approximate surface area is 90.5 Å². The third-order valence-corrected chi connectivity index (χ3v) is 3.38. The maximum absolute atomic E-state index is 5.68. The molecule has 0 fully saturated rings. The van der Waals surface area contributed by atoms with Crippen LogP contribution in [0.1, 0.15) is 11.3 Å². The van der Waals surface area contributed by atoms with Crippen LogP contribution >= 0.6 is 15.9 Å². The summed E-state index contributed by atoms with van der Waals surface area (Å²) < 4.78 is 1.03. The van der Waals surface area contributed by atoms with Gasteiger partial charge in [-0.2, -0.15) is 0 Å². The first-order chi connectivity index (χ1) is 6.59. The fourth-order valence-electron chi connectivity index (χ4n) is 1.44. The lowest BCUT2D eigenvalue weighted by Crippen LogP contribution is -1.95. The summed E-state index contributed by atoms with van der Waals surface area (Å²) >= 11 is 3.49. The second kappa shape index (κ2) is 3.20. The highest BCUT2D eigenvalue weighted by molar-refractivity contribution is 9.10. The molecule has 0 aromatic carbocycles. The molecule has 2 heterocycles. The lowest BCUT2D eigenvalue weighted by molar-refractivity contribution is 1.17. The zero-order valence-corrected chi connectivity index (χ0v) is 9.59. The van der Waals surface area contributed by atoms with Crippen molar-refractivity contribution in [2.75, 3.05) is 5.73 Å². The SMILES string of the molecule is Cc1nc2ncc(N)cc2c(C)c1Br. The van der Waals surface area contributed by atoms with Gasteiger partial charge in [0.25, 0.3) is 0 Å². The second-order valence-corrected chi connectivity index (χ2v) is 4.07. The van der Waals surface area contributed by atoms with E-state index in [1.807, 2.05) is 19.9 Å². The average Bonchev–Trinajstić information content (AvgIpc) is 2.16. The van der Waals surface area contributed by atoms with Gasteiger partial charge in [0.15, 0.2) is 5.65 Å². The summed E-state index contributed by atoms with van der Waals surface area (Å²) in [6, 6.07) is 1.90. The van der Waals surface area contributed by atoms with Gasteiger partial charge < -0.3 is 5.73 Å². The van der Waals surface area contributed by atoms with Crippen molar-refractivity contribution in [2.24, 2.45) is 0 Å². The Morgan fingerprint density at radius 1 is 1.36 bits per heavy atom. The Hall–Kier alpha value is -1.16. The van der Waals surface area contributed by atoms with Gasteiger partial charge in [0, 0.05) is 9.86 Å². The van der Waals surface area contributed by atoms with Crippen LogP contribution in [0.4, 0.5) is 5.69 Å². The van der Waals surface area contributed by atoms with E-state index in [-0.39, 0.29) is 0 Å². The summed E-state index contributed by atoms with van der Waals surface area (Å²) in [4.78, 5) is 8.55. The molecule has 2 aromatic rings. The van der Waals surface area contributed by atoms with Gasteiger partial charge in [0.1, 0.15) is 0 Å². The van der Waals surface area contributed by atoms with Crippen molar-refractivity contribution in [3.8, 4) is 0 Å². The number of halogens is 1. The van der Waals surface area contributed by atoms with E-state index in [4.69, 9.17) is 5.73 Å². The predicted molar refractivity (Wildman–Crippen MR) is 61.1 cm³/mol. The van der Waals surface area contributed by atoms with Crippen LogP contribution in [0.15, 0.2) is 16.7 Å². The van der Waals surface area contributed by atoms with Gasteiger partial charge in [-0.1, -0.05) is 0 Å². The summed E-state index contributed by atoms with van der Waals surface area (Å²) in [5.74, 6) is 0. The number of fused-ring (bicyclic) bond motifs is 1. The zero-order valence-electron chi connectivity index (χ0n) is 8.00. The summed E-state index contributed by atoms with van der Waals surface area (Å²) in [5.41, 5.74) is 9.17. The highest BCUT2D eigenvalue weighted by atomic mass is 79.9. The molecular weight excluding hydrogens is 242 g/mol. The van der Waals surface area contributed by atoms with Crippen LogP contribution in [0.2, 0.25) is 0 Å².